The minimum atomic E-state index is -0.664. The average molecular weight is 451 g/mol. The van der Waals surface area contributed by atoms with Crippen LogP contribution in [0.2, 0.25) is 0 Å². The van der Waals surface area contributed by atoms with Crippen molar-refractivity contribution in [1.29, 1.82) is 0 Å². The van der Waals surface area contributed by atoms with Crippen LogP contribution in [0, 0.1) is 11.8 Å². The van der Waals surface area contributed by atoms with E-state index in [0.29, 0.717) is 19.4 Å². The molecule has 1 spiro atoms. The lowest BCUT2D eigenvalue weighted by atomic mass is 9.66. The van der Waals surface area contributed by atoms with E-state index >= 15 is 0 Å². The van der Waals surface area contributed by atoms with Crippen molar-refractivity contribution in [3.05, 3.63) is 25.3 Å². The van der Waals surface area contributed by atoms with Crippen LogP contribution in [-0.4, -0.2) is 80.6 Å². The Morgan fingerprint density at radius 1 is 1.35 bits per heavy atom. The smallest absolute Gasteiger partial charge is 0.311 e. The number of fused-ring (bicyclic) bond motifs is 1. The van der Waals surface area contributed by atoms with Crippen LogP contribution in [0.15, 0.2) is 25.3 Å². The molecule has 31 heavy (non-hydrogen) atoms. The molecule has 7 nitrogen and oxygen atoms in total. The first-order valence-electron chi connectivity index (χ1n) is 11.0. The highest BCUT2D eigenvalue weighted by molar-refractivity contribution is 8.02. The first-order chi connectivity index (χ1) is 14.7. The highest BCUT2D eigenvalue weighted by atomic mass is 32.2. The van der Waals surface area contributed by atoms with E-state index in [9.17, 15) is 19.5 Å². The van der Waals surface area contributed by atoms with Gasteiger partial charge in [-0.2, -0.15) is 0 Å². The van der Waals surface area contributed by atoms with Crippen molar-refractivity contribution in [2.45, 2.75) is 61.6 Å². The summed E-state index contributed by atoms with van der Waals surface area (Å²) < 4.78 is 4.29. The second-order valence-corrected chi connectivity index (χ2v) is 11.0. The zero-order valence-electron chi connectivity index (χ0n) is 18.7. The average Bonchev–Trinajstić information content (AvgIpc) is 3.28. The second-order valence-electron chi connectivity index (χ2n) is 9.13. The molecule has 0 radical (unpaired) electrons. The quantitative estimate of drug-likeness (QED) is 0.405. The van der Waals surface area contributed by atoms with Crippen LogP contribution in [0.3, 0.4) is 0 Å². The van der Waals surface area contributed by atoms with E-state index in [1.165, 1.54) is 6.08 Å². The van der Waals surface area contributed by atoms with Crippen molar-refractivity contribution in [2.24, 2.45) is 11.8 Å². The van der Waals surface area contributed by atoms with Crippen LogP contribution in [0.25, 0.3) is 0 Å². The lowest BCUT2D eigenvalue weighted by molar-refractivity contribution is -0.154. The lowest BCUT2D eigenvalue weighted by Gasteiger charge is -2.38. The van der Waals surface area contributed by atoms with E-state index in [1.807, 2.05) is 20.8 Å². The van der Waals surface area contributed by atoms with E-state index in [2.05, 4.69) is 13.2 Å². The van der Waals surface area contributed by atoms with Gasteiger partial charge < -0.3 is 19.6 Å². The fourth-order valence-electron chi connectivity index (χ4n) is 5.63. The van der Waals surface area contributed by atoms with Gasteiger partial charge in [-0.05, 0) is 40.0 Å². The number of nitrogens with zero attached hydrogens (tertiary/aromatic N) is 2. The molecule has 3 heterocycles. The van der Waals surface area contributed by atoms with Crippen LogP contribution in [0.1, 0.15) is 40.0 Å². The molecule has 3 fully saturated rings. The summed E-state index contributed by atoms with van der Waals surface area (Å²) in [5.74, 6) is -1.87. The fourth-order valence-corrected chi connectivity index (χ4v) is 7.97. The van der Waals surface area contributed by atoms with Crippen molar-refractivity contribution in [3.63, 3.8) is 0 Å². The summed E-state index contributed by atoms with van der Waals surface area (Å²) in [5.41, 5.74) is 0. The number of aliphatic hydroxyl groups is 1. The minimum absolute atomic E-state index is 0.0525. The molecule has 0 aromatic rings. The largest absolute Gasteiger partial charge is 0.461 e. The van der Waals surface area contributed by atoms with Gasteiger partial charge in [-0.15, -0.1) is 18.3 Å². The molecule has 2 bridgehead atoms. The molecule has 3 saturated heterocycles. The van der Waals surface area contributed by atoms with E-state index < -0.39 is 33.3 Å². The number of aliphatic hydroxyl groups excluding tert-OH is 1. The molecular formula is C23H34N2O5S. The zero-order valence-corrected chi connectivity index (χ0v) is 19.5. The number of carbonyl (C=O) groups excluding carboxylic acids is 3. The summed E-state index contributed by atoms with van der Waals surface area (Å²) in [6, 6.07) is -0.716. The van der Waals surface area contributed by atoms with Crippen molar-refractivity contribution < 1.29 is 24.2 Å². The van der Waals surface area contributed by atoms with E-state index in [4.69, 9.17) is 4.74 Å². The Morgan fingerprint density at radius 2 is 2.06 bits per heavy atom. The number of esters is 1. The summed E-state index contributed by atoms with van der Waals surface area (Å²) in [4.78, 5) is 43.9. The molecule has 2 unspecified atom stereocenters. The van der Waals surface area contributed by atoms with Crippen molar-refractivity contribution in [2.75, 3.05) is 26.3 Å². The predicted octanol–water partition coefficient (Wildman–Crippen LogP) is 2.00. The normalized spacial score (nSPS) is 33.5. The van der Waals surface area contributed by atoms with Gasteiger partial charge in [0, 0.05) is 30.5 Å². The van der Waals surface area contributed by atoms with E-state index in [1.54, 1.807) is 27.6 Å². The number of hydrogen-bond donors (Lipinski definition) is 1. The Hall–Kier alpha value is -1.80. The molecule has 2 amide bonds. The zero-order chi connectivity index (χ0) is 23.0. The number of thioether (sulfide) groups is 1. The molecule has 0 aromatic carbocycles. The summed E-state index contributed by atoms with van der Waals surface area (Å²) in [7, 11) is 0. The highest BCUT2D eigenvalue weighted by Gasteiger charge is 2.77. The molecule has 1 N–H and O–H groups in total. The number of carbonyl (C=O) groups is 3. The first kappa shape index (κ1) is 23.9. The molecule has 0 aliphatic carbocycles. The third-order valence-corrected chi connectivity index (χ3v) is 8.88. The standard InChI is InChI=1S/C23H34N2O5S/c1-6-11-24(15(3)4)20(28)18-23-10-9-22(5,31-23)17(21(29)30-14-7-2)16(23)19(27)25(18)12-8-13-26/h6-7,15-18,26H,1-2,8-14H2,3-5H3/t16-,17-,18?,22+,23?/m0/s1. The maximum absolute atomic E-state index is 13.9. The maximum atomic E-state index is 13.9. The van der Waals surface area contributed by atoms with Gasteiger partial charge in [0.15, 0.2) is 0 Å². The van der Waals surface area contributed by atoms with Crippen molar-refractivity contribution in [1.82, 2.24) is 9.80 Å². The van der Waals surface area contributed by atoms with Crippen LogP contribution in [0.5, 0.6) is 0 Å². The van der Waals surface area contributed by atoms with Gasteiger partial charge in [0.25, 0.3) is 0 Å². The predicted molar refractivity (Wildman–Crippen MR) is 120 cm³/mol. The number of rotatable bonds is 10. The number of amides is 2. The van der Waals surface area contributed by atoms with E-state index in [-0.39, 0.29) is 37.6 Å². The van der Waals surface area contributed by atoms with Crippen LogP contribution < -0.4 is 0 Å². The monoisotopic (exact) mass is 450 g/mol. The van der Waals surface area contributed by atoms with Crippen molar-refractivity contribution in [3.8, 4) is 0 Å². The van der Waals surface area contributed by atoms with Crippen molar-refractivity contribution >= 4 is 29.5 Å². The molecule has 3 aliphatic heterocycles. The molecule has 3 rings (SSSR count). The summed E-state index contributed by atoms with van der Waals surface area (Å²) in [5, 5.41) is 9.40. The van der Waals surface area contributed by atoms with Gasteiger partial charge in [-0.25, -0.2) is 0 Å². The Morgan fingerprint density at radius 3 is 2.65 bits per heavy atom. The molecular weight excluding hydrogens is 416 g/mol. The molecule has 0 saturated carbocycles. The summed E-state index contributed by atoms with van der Waals surface area (Å²) in [6.07, 6.45) is 5.04. The van der Waals surface area contributed by atoms with Gasteiger partial charge >= 0.3 is 5.97 Å². The summed E-state index contributed by atoms with van der Waals surface area (Å²) in [6.45, 7) is 14.0. The third kappa shape index (κ3) is 3.71. The lowest BCUT2D eigenvalue weighted by Crippen LogP contribution is -2.56. The SMILES string of the molecule is C=CCOC(=O)[C@@H]1[C@H]2C(=O)N(CCCO)C(C(=O)N(CC=C)C(C)C)C23CC[C@@]1(C)S3. The second kappa shape index (κ2) is 8.98. The van der Waals surface area contributed by atoms with Gasteiger partial charge in [0.2, 0.25) is 11.8 Å². The third-order valence-electron chi connectivity index (χ3n) is 6.90. The molecule has 0 aromatic heterocycles. The number of hydrogen-bond acceptors (Lipinski definition) is 6. The Bertz CT molecular complexity index is 771. The van der Waals surface area contributed by atoms with Gasteiger partial charge in [-0.1, -0.05) is 18.7 Å². The van der Waals surface area contributed by atoms with Crippen LogP contribution >= 0.6 is 11.8 Å². The topological polar surface area (TPSA) is 87.1 Å². The highest BCUT2D eigenvalue weighted by Crippen LogP contribution is 2.71. The van der Waals surface area contributed by atoms with Gasteiger partial charge in [0.05, 0.1) is 16.6 Å². The summed E-state index contributed by atoms with van der Waals surface area (Å²) >= 11 is 1.62. The number of ether oxygens (including phenoxy) is 1. The van der Waals surface area contributed by atoms with Crippen LogP contribution in [-0.2, 0) is 19.1 Å². The molecule has 172 valence electrons. The Balaban J connectivity index is 2.05. The Labute approximate surface area is 188 Å². The molecule has 8 heteroatoms. The number of likely N-dealkylation sites (tertiary alicyclic amines) is 1. The minimum Gasteiger partial charge on any atom is -0.461 e. The molecule has 3 aliphatic rings. The Kier molecular flexibility index (Phi) is 6.91. The molecule has 5 atom stereocenters. The van der Waals surface area contributed by atoms with Crippen LogP contribution in [0.4, 0.5) is 0 Å². The first-order valence-corrected chi connectivity index (χ1v) is 11.8. The van der Waals surface area contributed by atoms with Gasteiger partial charge in [-0.3, -0.25) is 14.4 Å². The van der Waals surface area contributed by atoms with E-state index in [0.717, 1.165) is 6.42 Å². The fraction of sp³-hybridized carbons (Fsp3) is 0.696. The maximum Gasteiger partial charge on any atom is 0.311 e. The van der Waals surface area contributed by atoms with Gasteiger partial charge in [0.1, 0.15) is 12.6 Å².